The first kappa shape index (κ1) is 23.0. The Balaban J connectivity index is 1.49. The van der Waals surface area contributed by atoms with Gasteiger partial charge < -0.3 is 20.9 Å². The van der Waals surface area contributed by atoms with Crippen molar-refractivity contribution in [2.24, 2.45) is 0 Å². The van der Waals surface area contributed by atoms with Crippen LogP contribution in [0.1, 0.15) is 18.2 Å². The number of likely N-dealkylation sites (N-methyl/N-ethyl adjacent to an activating group) is 1. The number of rotatable bonds is 6. The number of aromatic nitrogens is 3. The van der Waals surface area contributed by atoms with Crippen LogP contribution in [0.25, 0.3) is 11.3 Å². The van der Waals surface area contributed by atoms with Crippen molar-refractivity contribution in [2.45, 2.75) is 17.8 Å². The molecule has 11 heteroatoms. The van der Waals surface area contributed by atoms with Crippen LogP contribution in [0, 0.1) is 11.3 Å². The molecule has 1 aliphatic rings. The highest BCUT2D eigenvalue weighted by Crippen LogP contribution is 2.31. The summed E-state index contributed by atoms with van der Waals surface area (Å²) in [6, 6.07) is 9.22. The molecule has 0 radical (unpaired) electrons. The quantitative estimate of drug-likeness (QED) is 0.404. The van der Waals surface area contributed by atoms with Crippen LogP contribution in [0.4, 0.5) is 16.6 Å². The fourth-order valence-corrected chi connectivity index (χ4v) is 5.13. The van der Waals surface area contributed by atoms with Gasteiger partial charge in [-0.1, -0.05) is 23.9 Å². The van der Waals surface area contributed by atoms with E-state index in [-0.39, 0.29) is 17.3 Å². The van der Waals surface area contributed by atoms with E-state index in [4.69, 9.17) is 10.7 Å². The number of nitrogens with one attached hydrogen (secondary N) is 1. The molecule has 33 heavy (non-hydrogen) atoms. The number of nitriles is 1. The molecule has 9 nitrogen and oxygen atoms in total. The molecule has 2 aromatic heterocycles. The van der Waals surface area contributed by atoms with Crippen molar-refractivity contribution in [2.75, 3.05) is 49.2 Å². The second-order valence-electron chi connectivity index (χ2n) is 7.69. The van der Waals surface area contributed by atoms with Crippen LogP contribution in [0.3, 0.4) is 0 Å². The van der Waals surface area contributed by atoms with E-state index in [1.807, 2.05) is 0 Å². The number of amides is 1. The monoisotopic (exact) mass is 480 g/mol. The first-order valence-corrected chi connectivity index (χ1v) is 12.3. The Morgan fingerprint density at radius 1 is 1.21 bits per heavy atom. The Morgan fingerprint density at radius 3 is 2.61 bits per heavy atom. The van der Waals surface area contributed by atoms with Crippen LogP contribution in [-0.4, -0.2) is 59.0 Å². The van der Waals surface area contributed by atoms with Gasteiger partial charge in [0.15, 0.2) is 10.3 Å². The highest BCUT2D eigenvalue weighted by Gasteiger charge is 2.18. The molecule has 1 aliphatic heterocycles. The number of carbonyl (C=O) groups is 1. The number of piperazine rings is 1. The third-order valence-electron chi connectivity index (χ3n) is 5.17. The van der Waals surface area contributed by atoms with Gasteiger partial charge >= 0.3 is 0 Å². The van der Waals surface area contributed by atoms with Gasteiger partial charge in [-0.2, -0.15) is 5.26 Å². The van der Waals surface area contributed by atoms with Gasteiger partial charge in [-0.3, -0.25) is 4.79 Å². The Morgan fingerprint density at radius 2 is 1.94 bits per heavy atom. The third-order valence-corrected chi connectivity index (χ3v) is 7.00. The van der Waals surface area contributed by atoms with Crippen molar-refractivity contribution in [1.82, 2.24) is 19.9 Å². The van der Waals surface area contributed by atoms with Crippen molar-refractivity contribution in [1.29, 1.82) is 5.26 Å². The molecule has 0 aliphatic carbocycles. The summed E-state index contributed by atoms with van der Waals surface area (Å²) in [7, 11) is 2.14. The van der Waals surface area contributed by atoms with Crippen molar-refractivity contribution >= 4 is 45.6 Å². The molecule has 3 aromatic rings. The molecule has 170 valence electrons. The predicted octanol–water partition coefficient (Wildman–Crippen LogP) is 3.06. The van der Waals surface area contributed by atoms with Gasteiger partial charge in [0, 0.05) is 55.5 Å². The Kier molecular flexibility index (Phi) is 7.08. The van der Waals surface area contributed by atoms with Gasteiger partial charge in [0.1, 0.15) is 17.5 Å². The van der Waals surface area contributed by atoms with Crippen LogP contribution in [-0.2, 0) is 10.5 Å². The second kappa shape index (κ2) is 10.2. The number of thiazole rings is 1. The molecule has 1 amide bonds. The Hall–Kier alpha value is -3.20. The van der Waals surface area contributed by atoms with Crippen molar-refractivity contribution in [3.05, 3.63) is 40.9 Å². The zero-order valence-corrected chi connectivity index (χ0v) is 20.0. The maximum Gasteiger partial charge on any atom is 0.221 e. The van der Waals surface area contributed by atoms with Crippen LogP contribution < -0.4 is 16.0 Å². The molecule has 1 saturated heterocycles. The van der Waals surface area contributed by atoms with E-state index in [0.717, 1.165) is 42.6 Å². The predicted molar refractivity (Wildman–Crippen MR) is 132 cm³/mol. The standard InChI is InChI=1S/C22H24N8OS2/c1-14(31)25-16-5-3-15(4-6-16)19-18(11-23)20(24)28-21(27-19)32-12-17-13-33-22(26-17)30-9-7-29(2)8-10-30/h3-6,13H,7-10,12H2,1-2H3,(H,25,31)(H2,24,27,28). The maximum atomic E-state index is 11.2. The van der Waals surface area contributed by atoms with Crippen LogP contribution in [0.2, 0.25) is 0 Å². The number of nitrogens with two attached hydrogens (primary N) is 1. The largest absolute Gasteiger partial charge is 0.382 e. The van der Waals surface area contributed by atoms with E-state index in [1.54, 1.807) is 35.6 Å². The molecule has 0 saturated carbocycles. The number of benzene rings is 1. The lowest BCUT2D eigenvalue weighted by Crippen LogP contribution is -2.44. The minimum Gasteiger partial charge on any atom is -0.382 e. The number of hydrogen-bond donors (Lipinski definition) is 2. The summed E-state index contributed by atoms with van der Waals surface area (Å²) in [6.07, 6.45) is 0. The summed E-state index contributed by atoms with van der Waals surface area (Å²) in [5, 5.41) is 15.9. The van der Waals surface area contributed by atoms with Gasteiger partial charge in [-0.05, 0) is 19.2 Å². The average Bonchev–Trinajstić information content (AvgIpc) is 3.27. The summed E-state index contributed by atoms with van der Waals surface area (Å²) >= 11 is 3.09. The molecular weight excluding hydrogens is 456 g/mol. The lowest BCUT2D eigenvalue weighted by molar-refractivity contribution is -0.114. The molecule has 3 N–H and O–H groups in total. The number of nitrogen functional groups attached to an aromatic ring is 1. The molecule has 3 heterocycles. The molecule has 4 rings (SSSR count). The van der Waals surface area contributed by atoms with Gasteiger partial charge in [-0.15, -0.1) is 11.3 Å². The fourth-order valence-electron chi connectivity index (χ4n) is 3.40. The highest BCUT2D eigenvalue weighted by atomic mass is 32.2. The number of nitrogens with zero attached hydrogens (tertiary/aromatic N) is 6. The van der Waals surface area contributed by atoms with E-state index in [0.29, 0.717) is 22.3 Å². The topological polar surface area (TPSA) is 124 Å². The summed E-state index contributed by atoms with van der Waals surface area (Å²) < 4.78 is 0. The smallest absolute Gasteiger partial charge is 0.221 e. The summed E-state index contributed by atoms with van der Waals surface area (Å²) in [4.78, 5) is 29.6. The molecular formula is C22H24N8OS2. The number of anilines is 3. The van der Waals surface area contributed by atoms with Crippen molar-refractivity contribution < 1.29 is 4.79 Å². The maximum absolute atomic E-state index is 11.2. The average molecular weight is 481 g/mol. The van der Waals surface area contributed by atoms with Crippen LogP contribution in [0.15, 0.2) is 34.8 Å². The summed E-state index contributed by atoms with van der Waals surface area (Å²) in [5.41, 5.74) is 9.14. The molecule has 0 atom stereocenters. The third kappa shape index (κ3) is 5.60. The first-order valence-electron chi connectivity index (χ1n) is 10.4. The van der Waals surface area contributed by atoms with Crippen LogP contribution in [0.5, 0.6) is 0 Å². The summed E-state index contributed by atoms with van der Waals surface area (Å²) in [5.74, 6) is 0.604. The molecule has 1 fully saturated rings. The lowest BCUT2D eigenvalue weighted by atomic mass is 10.1. The molecule has 0 unspecified atom stereocenters. The normalized spacial score (nSPS) is 14.2. The summed E-state index contributed by atoms with van der Waals surface area (Å²) in [6.45, 7) is 5.49. The zero-order valence-electron chi connectivity index (χ0n) is 18.4. The van der Waals surface area contributed by atoms with Gasteiger partial charge in [0.05, 0.1) is 11.4 Å². The van der Waals surface area contributed by atoms with E-state index < -0.39 is 0 Å². The van der Waals surface area contributed by atoms with Gasteiger partial charge in [0.25, 0.3) is 0 Å². The van der Waals surface area contributed by atoms with E-state index in [1.165, 1.54) is 18.7 Å². The lowest BCUT2D eigenvalue weighted by Gasteiger charge is -2.32. The van der Waals surface area contributed by atoms with Crippen molar-refractivity contribution in [3.63, 3.8) is 0 Å². The number of thioether (sulfide) groups is 1. The highest BCUT2D eigenvalue weighted by molar-refractivity contribution is 7.98. The fraction of sp³-hybridized carbons (Fsp3) is 0.318. The molecule has 1 aromatic carbocycles. The number of carbonyl (C=O) groups excluding carboxylic acids is 1. The Labute approximate surface area is 200 Å². The van der Waals surface area contributed by atoms with E-state index in [2.05, 4.69) is 43.6 Å². The van der Waals surface area contributed by atoms with Crippen LogP contribution >= 0.6 is 23.1 Å². The SMILES string of the molecule is CC(=O)Nc1ccc(-c2nc(SCc3csc(N4CCN(C)CC4)n3)nc(N)c2C#N)cc1. The van der Waals surface area contributed by atoms with E-state index in [9.17, 15) is 10.1 Å². The van der Waals surface area contributed by atoms with Crippen molar-refractivity contribution in [3.8, 4) is 17.3 Å². The van der Waals surface area contributed by atoms with E-state index >= 15 is 0 Å². The first-order chi connectivity index (χ1) is 15.9. The Bertz CT molecular complexity index is 1180. The molecule has 0 spiro atoms. The minimum absolute atomic E-state index is 0.146. The second-order valence-corrected chi connectivity index (χ2v) is 9.46. The zero-order chi connectivity index (χ0) is 23.4. The van der Waals surface area contributed by atoms with Gasteiger partial charge in [0.2, 0.25) is 5.91 Å². The molecule has 0 bridgehead atoms. The van der Waals surface area contributed by atoms with Gasteiger partial charge in [-0.25, -0.2) is 15.0 Å². The number of hydrogen-bond acceptors (Lipinski definition) is 10. The minimum atomic E-state index is -0.150.